The zero-order chi connectivity index (χ0) is 15.0. The molecule has 106 valence electrons. The number of thiazole rings is 1. The Balaban J connectivity index is 1.97. The maximum Gasteiger partial charge on any atom is 0.271 e. The van der Waals surface area contributed by atoms with Crippen LogP contribution in [0.25, 0.3) is 4.96 Å². The number of aryl methyl sites for hydroxylation is 1. The Morgan fingerprint density at radius 2 is 2.24 bits per heavy atom. The summed E-state index contributed by atoms with van der Waals surface area (Å²) in [6, 6.07) is 5.12. The van der Waals surface area contributed by atoms with Crippen LogP contribution in [0.1, 0.15) is 15.9 Å². The van der Waals surface area contributed by atoms with Crippen molar-refractivity contribution in [1.82, 2.24) is 9.38 Å². The number of hydrogen-bond donors (Lipinski definition) is 1. The predicted molar refractivity (Wildman–Crippen MR) is 83.5 cm³/mol. The van der Waals surface area contributed by atoms with Crippen molar-refractivity contribution in [2.24, 2.45) is 0 Å². The van der Waals surface area contributed by atoms with Crippen LogP contribution in [0, 0.1) is 6.92 Å². The molecule has 0 unspecified atom stereocenters. The Morgan fingerprint density at radius 3 is 3.00 bits per heavy atom. The van der Waals surface area contributed by atoms with Crippen molar-refractivity contribution in [1.29, 1.82) is 0 Å². The van der Waals surface area contributed by atoms with Gasteiger partial charge in [-0.15, -0.1) is 11.3 Å². The first-order chi connectivity index (χ1) is 10.1. The minimum Gasteiger partial charge on any atom is -0.322 e. The number of carbonyl (C=O) groups excluding carboxylic acids is 1. The summed E-state index contributed by atoms with van der Waals surface area (Å²) in [6.07, 6.45) is 2.90. The Bertz CT molecular complexity index is 901. The molecule has 2 heterocycles. The lowest BCUT2D eigenvalue weighted by atomic mass is 10.2. The normalized spacial score (nSPS) is 10.8. The third kappa shape index (κ3) is 2.55. The van der Waals surface area contributed by atoms with Crippen LogP contribution in [0.5, 0.6) is 0 Å². The number of halogens is 1. The zero-order valence-corrected chi connectivity index (χ0v) is 12.5. The van der Waals surface area contributed by atoms with E-state index in [0.717, 1.165) is 5.56 Å². The molecule has 21 heavy (non-hydrogen) atoms. The van der Waals surface area contributed by atoms with E-state index in [4.69, 9.17) is 11.6 Å². The number of nitrogens with zero attached hydrogens (tertiary/aromatic N) is 2. The predicted octanol–water partition coefficient (Wildman–Crippen LogP) is 2.97. The molecule has 7 heteroatoms. The van der Waals surface area contributed by atoms with Crippen molar-refractivity contribution in [2.75, 3.05) is 5.32 Å². The number of hydrogen-bond acceptors (Lipinski definition) is 4. The molecule has 0 atom stereocenters. The van der Waals surface area contributed by atoms with Crippen molar-refractivity contribution in [2.45, 2.75) is 6.92 Å². The Hall–Kier alpha value is -2.18. The van der Waals surface area contributed by atoms with Gasteiger partial charge in [0, 0.05) is 28.5 Å². The number of nitrogens with one attached hydrogen (secondary N) is 1. The fraction of sp³-hybridized carbons (Fsp3) is 0.0714. The van der Waals surface area contributed by atoms with E-state index in [2.05, 4.69) is 10.3 Å². The lowest BCUT2D eigenvalue weighted by Crippen LogP contribution is -2.26. The SMILES string of the molecule is Cc1cc(Cl)ccc1NC(=O)c1cnc2sccn2c1=O. The third-order valence-corrected chi connectivity index (χ3v) is 4.03. The minimum absolute atomic E-state index is 0.000231. The average Bonchev–Trinajstić information content (AvgIpc) is 2.91. The lowest BCUT2D eigenvalue weighted by Gasteiger charge is -2.08. The summed E-state index contributed by atoms with van der Waals surface area (Å²) in [5, 5.41) is 5.04. The second-order valence-electron chi connectivity index (χ2n) is 4.45. The first-order valence-electron chi connectivity index (χ1n) is 6.08. The molecule has 0 aliphatic heterocycles. The van der Waals surface area contributed by atoms with Gasteiger partial charge in [-0.25, -0.2) is 4.98 Å². The highest BCUT2D eigenvalue weighted by Gasteiger charge is 2.14. The molecule has 1 amide bonds. The summed E-state index contributed by atoms with van der Waals surface area (Å²) in [5.41, 5.74) is 1.05. The smallest absolute Gasteiger partial charge is 0.271 e. The molecule has 0 saturated carbocycles. The molecule has 1 aromatic carbocycles. The molecule has 0 aliphatic carbocycles. The van der Waals surface area contributed by atoms with Crippen LogP contribution in [0.15, 0.2) is 40.8 Å². The summed E-state index contributed by atoms with van der Waals surface area (Å²) in [5.74, 6) is -0.487. The van der Waals surface area contributed by atoms with Crippen LogP contribution in [-0.4, -0.2) is 15.3 Å². The summed E-state index contributed by atoms with van der Waals surface area (Å²) in [4.78, 5) is 29.1. The molecule has 2 aromatic heterocycles. The first-order valence-corrected chi connectivity index (χ1v) is 7.34. The molecule has 3 rings (SSSR count). The number of benzene rings is 1. The monoisotopic (exact) mass is 319 g/mol. The number of amides is 1. The second kappa shape index (κ2) is 5.31. The fourth-order valence-electron chi connectivity index (χ4n) is 1.94. The van der Waals surface area contributed by atoms with E-state index in [9.17, 15) is 9.59 Å². The van der Waals surface area contributed by atoms with Gasteiger partial charge in [0.2, 0.25) is 0 Å². The molecule has 0 radical (unpaired) electrons. The van der Waals surface area contributed by atoms with Gasteiger partial charge < -0.3 is 5.32 Å². The average molecular weight is 320 g/mol. The van der Waals surface area contributed by atoms with Crippen molar-refractivity contribution in [3.63, 3.8) is 0 Å². The van der Waals surface area contributed by atoms with Crippen LogP contribution in [0.2, 0.25) is 5.02 Å². The Morgan fingerprint density at radius 1 is 1.43 bits per heavy atom. The summed E-state index contributed by atoms with van der Waals surface area (Å²) >= 11 is 7.21. The molecule has 0 aliphatic rings. The number of anilines is 1. The number of fused-ring (bicyclic) bond motifs is 1. The van der Waals surface area contributed by atoms with E-state index in [0.29, 0.717) is 15.7 Å². The fourth-order valence-corrected chi connectivity index (χ4v) is 2.84. The van der Waals surface area contributed by atoms with E-state index in [-0.39, 0.29) is 11.1 Å². The lowest BCUT2D eigenvalue weighted by molar-refractivity contribution is 0.102. The van der Waals surface area contributed by atoms with Gasteiger partial charge in [0.15, 0.2) is 4.96 Å². The van der Waals surface area contributed by atoms with Crippen molar-refractivity contribution >= 4 is 39.5 Å². The van der Waals surface area contributed by atoms with Crippen molar-refractivity contribution in [3.8, 4) is 0 Å². The minimum atomic E-state index is -0.487. The standard InChI is InChI=1S/C14H10ClN3O2S/c1-8-6-9(15)2-3-11(8)17-12(19)10-7-16-14-18(13(10)20)4-5-21-14/h2-7H,1H3,(H,17,19). The molecule has 3 aromatic rings. The van der Waals surface area contributed by atoms with Gasteiger partial charge >= 0.3 is 0 Å². The largest absolute Gasteiger partial charge is 0.322 e. The van der Waals surface area contributed by atoms with Gasteiger partial charge in [0.1, 0.15) is 5.56 Å². The van der Waals surface area contributed by atoms with Crippen LogP contribution in [0.3, 0.4) is 0 Å². The topological polar surface area (TPSA) is 63.5 Å². The van der Waals surface area contributed by atoms with E-state index in [1.54, 1.807) is 29.8 Å². The molecule has 0 fully saturated rings. The van der Waals surface area contributed by atoms with Gasteiger partial charge in [-0.05, 0) is 30.7 Å². The van der Waals surface area contributed by atoms with Crippen LogP contribution < -0.4 is 10.9 Å². The van der Waals surface area contributed by atoms with E-state index >= 15 is 0 Å². The van der Waals surface area contributed by atoms with Gasteiger partial charge in [-0.1, -0.05) is 11.6 Å². The maximum atomic E-state index is 12.2. The Labute approximate surface area is 128 Å². The zero-order valence-electron chi connectivity index (χ0n) is 11.0. The van der Waals surface area contributed by atoms with Gasteiger partial charge in [-0.2, -0.15) is 0 Å². The third-order valence-electron chi connectivity index (χ3n) is 3.02. The van der Waals surface area contributed by atoms with Gasteiger partial charge in [0.25, 0.3) is 11.5 Å². The van der Waals surface area contributed by atoms with E-state index in [1.165, 1.54) is 21.9 Å². The number of carbonyl (C=O) groups is 1. The Kier molecular flexibility index (Phi) is 3.48. The maximum absolute atomic E-state index is 12.2. The van der Waals surface area contributed by atoms with Gasteiger partial charge in [0.05, 0.1) is 0 Å². The molecular weight excluding hydrogens is 310 g/mol. The van der Waals surface area contributed by atoms with Crippen molar-refractivity contribution < 1.29 is 4.79 Å². The highest BCUT2D eigenvalue weighted by atomic mass is 35.5. The first kappa shape index (κ1) is 13.8. The molecule has 0 saturated heterocycles. The molecule has 1 N–H and O–H groups in total. The molecule has 0 spiro atoms. The quantitative estimate of drug-likeness (QED) is 0.790. The highest BCUT2D eigenvalue weighted by Crippen LogP contribution is 2.20. The molecule has 0 bridgehead atoms. The van der Waals surface area contributed by atoms with E-state index in [1.807, 2.05) is 6.92 Å². The number of rotatable bonds is 2. The summed E-state index contributed by atoms with van der Waals surface area (Å²) < 4.78 is 1.36. The van der Waals surface area contributed by atoms with Crippen LogP contribution in [0.4, 0.5) is 5.69 Å². The highest BCUT2D eigenvalue weighted by molar-refractivity contribution is 7.15. The van der Waals surface area contributed by atoms with Crippen LogP contribution in [-0.2, 0) is 0 Å². The molecular formula is C14H10ClN3O2S. The molecule has 5 nitrogen and oxygen atoms in total. The van der Waals surface area contributed by atoms with Crippen molar-refractivity contribution in [3.05, 3.63) is 62.5 Å². The second-order valence-corrected chi connectivity index (χ2v) is 5.76. The van der Waals surface area contributed by atoms with Crippen LogP contribution >= 0.6 is 22.9 Å². The summed E-state index contributed by atoms with van der Waals surface area (Å²) in [6.45, 7) is 1.83. The number of aromatic nitrogens is 2. The van der Waals surface area contributed by atoms with E-state index < -0.39 is 5.91 Å². The van der Waals surface area contributed by atoms with Gasteiger partial charge in [-0.3, -0.25) is 14.0 Å². The summed E-state index contributed by atoms with van der Waals surface area (Å²) in [7, 11) is 0.